The Hall–Kier alpha value is -1.14. The summed E-state index contributed by atoms with van der Waals surface area (Å²) in [5.41, 5.74) is 0. The van der Waals surface area contributed by atoms with Crippen molar-refractivity contribution >= 4 is 11.9 Å². The van der Waals surface area contributed by atoms with E-state index in [0.29, 0.717) is 19.3 Å². The van der Waals surface area contributed by atoms with Crippen LogP contribution < -0.4 is 17.0 Å². The first-order chi connectivity index (χ1) is 22.8. The molecule has 0 heterocycles. The number of hydrogen-bond donors (Lipinski definition) is 0. The average Bonchev–Trinajstić information content (AvgIpc) is 3.03. The third-order valence-electron chi connectivity index (χ3n) is 8.85. The minimum absolute atomic E-state index is 0. The molecule has 0 fully saturated rings. The van der Waals surface area contributed by atoms with Crippen molar-refractivity contribution in [1.82, 2.24) is 0 Å². The lowest BCUT2D eigenvalue weighted by atomic mass is 10.1. The number of halogens is 1. The van der Waals surface area contributed by atoms with Crippen molar-refractivity contribution in [1.29, 1.82) is 0 Å². The van der Waals surface area contributed by atoms with Crippen molar-refractivity contribution < 1.29 is 40.5 Å². The van der Waals surface area contributed by atoms with Gasteiger partial charge in [-0.25, -0.2) is 0 Å². The second kappa shape index (κ2) is 37.1. The molecule has 0 bridgehead atoms. The van der Waals surface area contributed by atoms with E-state index in [-0.39, 0.29) is 28.9 Å². The van der Waals surface area contributed by atoms with Gasteiger partial charge < -0.3 is 30.9 Å². The lowest BCUT2D eigenvalue weighted by molar-refractivity contribution is -0.871. The fourth-order valence-corrected chi connectivity index (χ4v) is 5.73. The normalized spacial score (nSPS) is 12.4. The summed E-state index contributed by atoms with van der Waals surface area (Å²) in [5.74, 6) is -0.495. The molecule has 0 aromatic carbocycles. The smallest absolute Gasteiger partial charge is 0.308 e. The zero-order chi connectivity index (χ0) is 34.7. The second-order valence-corrected chi connectivity index (χ2v) is 14.9. The first-order valence-corrected chi connectivity index (χ1v) is 20.3. The van der Waals surface area contributed by atoms with Crippen LogP contribution in [0.15, 0.2) is 24.3 Å². The SMILES string of the molecule is CCCCCCCCC=CCCCCCCCC(=O)OC(CC[N+](C)(C)C)OC(=O)CCCCCCCC=CCCCCCCCC.[Br-]. The van der Waals surface area contributed by atoms with E-state index in [4.69, 9.17) is 9.47 Å². The Balaban J connectivity index is 0. The number of ether oxygens (including phenoxy) is 2. The van der Waals surface area contributed by atoms with E-state index in [1.54, 1.807) is 0 Å². The molecule has 284 valence electrons. The number of rotatable bonds is 35. The van der Waals surface area contributed by atoms with Crippen LogP contribution in [-0.2, 0) is 19.1 Å². The lowest BCUT2D eigenvalue weighted by Crippen LogP contribution is -3.00. The van der Waals surface area contributed by atoms with Gasteiger partial charge >= 0.3 is 11.9 Å². The van der Waals surface area contributed by atoms with Crippen LogP contribution in [0.1, 0.15) is 200 Å². The van der Waals surface area contributed by atoms with Gasteiger partial charge in [0.05, 0.1) is 34.1 Å². The molecule has 0 aliphatic carbocycles. The molecule has 0 aliphatic heterocycles. The van der Waals surface area contributed by atoms with Gasteiger partial charge in [0.1, 0.15) is 0 Å². The molecule has 48 heavy (non-hydrogen) atoms. The van der Waals surface area contributed by atoms with Crippen LogP contribution in [0.25, 0.3) is 0 Å². The van der Waals surface area contributed by atoms with Crippen LogP contribution in [0.3, 0.4) is 0 Å². The van der Waals surface area contributed by atoms with Crippen LogP contribution in [0.4, 0.5) is 0 Å². The summed E-state index contributed by atoms with van der Waals surface area (Å²) in [7, 11) is 6.28. The number of carbonyl (C=O) groups excluding carboxylic acids is 2. The summed E-state index contributed by atoms with van der Waals surface area (Å²) in [4.78, 5) is 25.1. The maximum atomic E-state index is 12.6. The molecule has 0 saturated carbocycles. The fourth-order valence-electron chi connectivity index (χ4n) is 5.73. The molecule has 6 heteroatoms. The van der Waals surface area contributed by atoms with E-state index in [1.165, 1.54) is 116 Å². The van der Waals surface area contributed by atoms with Crippen LogP contribution >= 0.6 is 0 Å². The Bertz CT molecular complexity index is 707. The lowest BCUT2D eigenvalue weighted by Gasteiger charge is -2.26. The van der Waals surface area contributed by atoms with E-state index < -0.39 is 6.29 Å². The van der Waals surface area contributed by atoms with Gasteiger partial charge in [0.15, 0.2) is 0 Å². The number of carbonyl (C=O) groups is 2. The summed E-state index contributed by atoms with van der Waals surface area (Å²) < 4.78 is 12.0. The number of nitrogens with zero attached hydrogens (tertiary/aromatic N) is 1. The van der Waals surface area contributed by atoms with Gasteiger partial charge in [-0.3, -0.25) is 9.59 Å². The molecule has 0 radical (unpaired) electrons. The molecule has 0 atom stereocenters. The number of hydrogen-bond acceptors (Lipinski definition) is 4. The number of quaternary nitrogens is 1. The van der Waals surface area contributed by atoms with Crippen molar-refractivity contribution in [3.8, 4) is 0 Å². The Morgan fingerprint density at radius 1 is 0.479 bits per heavy atom. The highest BCUT2D eigenvalue weighted by molar-refractivity contribution is 5.71. The Morgan fingerprint density at radius 3 is 1.08 bits per heavy atom. The summed E-state index contributed by atoms with van der Waals surface area (Å²) in [5, 5.41) is 0. The van der Waals surface area contributed by atoms with Gasteiger partial charge in [-0.05, 0) is 64.2 Å². The maximum absolute atomic E-state index is 12.6. The predicted octanol–water partition coefficient (Wildman–Crippen LogP) is 9.57. The van der Waals surface area contributed by atoms with Gasteiger partial charge in [-0.15, -0.1) is 0 Å². The molecule has 0 amide bonds. The summed E-state index contributed by atoms with van der Waals surface area (Å²) >= 11 is 0. The van der Waals surface area contributed by atoms with Gasteiger partial charge in [0.25, 0.3) is 6.29 Å². The van der Waals surface area contributed by atoms with Crippen molar-refractivity contribution in [3.63, 3.8) is 0 Å². The van der Waals surface area contributed by atoms with Crippen molar-refractivity contribution in [2.24, 2.45) is 0 Å². The molecule has 0 unspecified atom stereocenters. The highest BCUT2D eigenvalue weighted by Gasteiger charge is 2.22. The molecule has 0 spiro atoms. The summed E-state index contributed by atoms with van der Waals surface area (Å²) in [6, 6.07) is 0. The zero-order valence-corrected chi connectivity index (χ0v) is 34.1. The van der Waals surface area contributed by atoms with Crippen LogP contribution in [0.2, 0.25) is 0 Å². The molecular formula is C42H80BrNO4. The van der Waals surface area contributed by atoms with E-state index in [1.807, 2.05) is 0 Å². The van der Waals surface area contributed by atoms with E-state index >= 15 is 0 Å². The highest BCUT2D eigenvalue weighted by atomic mass is 79.9. The minimum atomic E-state index is -0.779. The Morgan fingerprint density at radius 2 is 0.771 bits per heavy atom. The topological polar surface area (TPSA) is 52.6 Å². The maximum Gasteiger partial charge on any atom is 0.308 e. The molecule has 0 aliphatic rings. The fraction of sp³-hybridized carbons (Fsp3) is 0.857. The van der Waals surface area contributed by atoms with Gasteiger partial charge in [-0.1, -0.05) is 141 Å². The number of esters is 2. The molecule has 0 rings (SSSR count). The van der Waals surface area contributed by atoms with Crippen LogP contribution in [0.5, 0.6) is 0 Å². The first kappa shape index (κ1) is 49.0. The van der Waals surface area contributed by atoms with E-state index in [0.717, 1.165) is 62.4 Å². The number of allylic oxidation sites excluding steroid dienone is 4. The average molecular weight is 743 g/mol. The Labute approximate surface area is 309 Å². The van der Waals surface area contributed by atoms with Gasteiger partial charge in [0.2, 0.25) is 0 Å². The molecular weight excluding hydrogens is 662 g/mol. The monoisotopic (exact) mass is 742 g/mol. The van der Waals surface area contributed by atoms with Crippen molar-refractivity contribution in [3.05, 3.63) is 24.3 Å². The molecule has 0 saturated heterocycles. The zero-order valence-electron chi connectivity index (χ0n) is 32.6. The first-order valence-electron chi connectivity index (χ1n) is 20.3. The molecule has 0 aromatic rings. The molecule has 0 N–H and O–H groups in total. The standard InChI is InChI=1S/C42H80NO4.BrH/c1-6-8-10-12-14-16-18-20-22-24-26-28-30-32-34-36-40(44)46-42(38-39-43(3,4)5)47-41(45)37-35-33-31-29-27-25-23-21-19-17-15-13-11-9-7-2;/h20-23,42H,6-19,24-39H2,1-5H3;1H/q+1;/p-1. The second-order valence-electron chi connectivity index (χ2n) is 14.9. The predicted molar refractivity (Wildman–Crippen MR) is 202 cm³/mol. The molecule has 5 nitrogen and oxygen atoms in total. The molecule has 0 aromatic heterocycles. The van der Waals surface area contributed by atoms with Gasteiger partial charge in [-0.2, -0.15) is 0 Å². The third kappa shape index (κ3) is 39.3. The largest absolute Gasteiger partial charge is 1.00 e. The van der Waals surface area contributed by atoms with E-state index in [2.05, 4.69) is 59.3 Å². The van der Waals surface area contributed by atoms with E-state index in [9.17, 15) is 9.59 Å². The van der Waals surface area contributed by atoms with Crippen LogP contribution in [0, 0.1) is 0 Å². The van der Waals surface area contributed by atoms with Crippen LogP contribution in [-0.4, -0.2) is 50.4 Å². The van der Waals surface area contributed by atoms with Crippen molar-refractivity contribution in [2.75, 3.05) is 27.7 Å². The highest BCUT2D eigenvalue weighted by Crippen LogP contribution is 2.15. The Kier molecular flexibility index (Phi) is 37.9. The van der Waals surface area contributed by atoms with Gasteiger partial charge in [0, 0.05) is 12.8 Å². The van der Waals surface area contributed by atoms with Crippen molar-refractivity contribution in [2.45, 2.75) is 206 Å². The summed E-state index contributed by atoms with van der Waals surface area (Å²) in [6.07, 6.45) is 41.9. The minimum Gasteiger partial charge on any atom is -1.00 e. The third-order valence-corrected chi connectivity index (χ3v) is 8.85. The number of unbranched alkanes of at least 4 members (excludes halogenated alkanes) is 22. The summed E-state index contributed by atoms with van der Waals surface area (Å²) in [6.45, 7) is 5.30. The quantitative estimate of drug-likeness (QED) is 0.0214.